The van der Waals surface area contributed by atoms with Gasteiger partial charge in [-0.2, -0.15) is 0 Å². The SMILES string of the molecule is O=C(S)OCC=CCc1ccccc1. The highest BCUT2D eigenvalue weighted by Crippen LogP contribution is 1.99. The van der Waals surface area contributed by atoms with Gasteiger partial charge in [0.1, 0.15) is 6.61 Å². The van der Waals surface area contributed by atoms with Crippen LogP contribution in [0.15, 0.2) is 42.5 Å². The molecule has 2 nitrogen and oxygen atoms in total. The van der Waals surface area contributed by atoms with E-state index in [4.69, 9.17) is 0 Å². The molecule has 1 rings (SSSR count). The van der Waals surface area contributed by atoms with Gasteiger partial charge in [0.15, 0.2) is 0 Å². The monoisotopic (exact) mass is 208 g/mol. The fourth-order valence-electron chi connectivity index (χ4n) is 1.02. The van der Waals surface area contributed by atoms with E-state index >= 15 is 0 Å². The van der Waals surface area contributed by atoms with Crippen molar-refractivity contribution in [2.75, 3.05) is 6.61 Å². The van der Waals surface area contributed by atoms with Gasteiger partial charge in [-0.3, -0.25) is 0 Å². The number of ether oxygens (including phenoxy) is 1. The average molecular weight is 208 g/mol. The summed E-state index contributed by atoms with van der Waals surface area (Å²) in [6, 6.07) is 10.1. The molecular weight excluding hydrogens is 196 g/mol. The smallest absolute Gasteiger partial charge is 0.364 e. The molecule has 0 bridgehead atoms. The van der Waals surface area contributed by atoms with Crippen molar-refractivity contribution in [1.29, 1.82) is 0 Å². The van der Waals surface area contributed by atoms with Gasteiger partial charge >= 0.3 is 5.30 Å². The molecule has 1 aromatic carbocycles. The molecule has 0 atom stereocenters. The van der Waals surface area contributed by atoms with Crippen molar-refractivity contribution in [3.05, 3.63) is 48.0 Å². The third-order valence-corrected chi connectivity index (χ3v) is 1.80. The third kappa shape index (κ3) is 4.72. The summed E-state index contributed by atoms with van der Waals surface area (Å²) in [7, 11) is 0. The third-order valence-electron chi connectivity index (χ3n) is 1.67. The van der Waals surface area contributed by atoms with Crippen LogP contribution >= 0.6 is 12.6 Å². The minimum Gasteiger partial charge on any atom is -0.454 e. The lowest BCUT2D eigenvalue weighted by Gasteiger charge is -1.95. The molecule has 0 aliphatic carbocycles. The maximum Gasteiger partial charge on any atom is 0.364 e. The number of allylic oxidation sites excluding steroid dienone is 1. The van der Waals surface area contributed by atoms with Crippen LogP contribution in [0.25, 0.3) is 0 Å². The fourth-order valence-corrected chi connectivity index (χ4v) is 1.10. The summed E-state index contributed by atoms with van der Waals surface area (Å²) in [5.74, 6) is 0. The molecule has 0 N–H and O–H groups in total. The Kier molecular flexibility index (Phi) is 4.86. The number of carbonyl (C=O) groups excluding carboxylic acids is 1. The Balaban J connectivity index is 2.24. The summed E-state index contributed by atoms with van der Waals surface area (Å²) in [6.07, 6.45) is 4.62. The molecule has 0 radical (unpaired) electrons. The number of hydrogen-bond acceptors (Lipinski definition) is 2. The van der Waals surface area contributed by atoms with Crippen molar-refractivity contribution in [2.45, 2.75) is 6.42 Å². The van der Waals surface area contributed by atoms with E-state index in [9.17, 15) is 4.79 Å². The Morgan fingerprint density at radius 1 is 1.29 bits per heavy atom. The van der Waals surface area contributed by atoms with Crippen LogP contribution in [0.5, 0.6) is 0 Å². The van der Waals surface area contributed by atoms with Crippen LogP contribution < -0.4 is 0 Å². The zero-order chi connectivity index (χ0) is 10.2. The number of thiol groups is 1. The summed E-state index contributed by atoms with van der Waals surface area (Å²) in [4.78, 5) is 10.3. The number of benzene rings is 1. The molecule has 0 heterocycles. The lowest BCUT2D eigenvalue weighted by atomic mass is 10.1. The van der Waals surface area contributed by atoms with Gasteiger partial charge in [0.25, 0.3) is 0 Å². The van der Waals surface area contributed by atoms with E-state index in [2.05, 4.69) is 29.5 Å². The van der Waals surface area contributed by atoms with Gasteiger partial charge in [-0.1, -0.05) is 55.1 Å². The first kappa shape index (κ1) is 10.9. The molecule has 74 valence electrons. The zero-order valence-electron chi connectivity index (χ0n) is 7.72. The van der Waals surface area contributed by atoms with Gasteiger partial charge in [0, 0.05) is 0 Å². The maximum atomic E-state index is 10.3. The van der Waals surface area contributed by atoms with Crippen LogP contribution in [0.4, 0.5) is 4.79 Å². The van der Waals surface area contributed by atoms with E-state index in [1.807, 2.05) is 24.3 Å². The molecule has 0 spiro atoms. The first-order valence-electron chi connectivity index (χ1n) is 4.33. The minimum absolute atomic E-state index is 0.287. The van der Waals surface area contributed by atoms with Crippen molar-refractivity contribution >= 4 is 17.9 Å². The van der Waals surface area contributed by atoms with E-state index in [-0.39, 0.29) is 6.61 Å². The summed E-state index contributed by atoms with van der Waals surface area (Å²) in [6.45, 7) is 0.287. The molecule has 0 amide bonds. The molecule has 0 saturated carbocycles. The minimum atomic E-state index is -0.547. The summed E-state index contributed by atoms with van der Waals surface area (Å²) in [5, 5.41) is -0.547. The molecule has 0 fully saturated rings. The largest absolute Gasteiger partial charge is 0.454 e. The normalized spacial score (nSPS) is 10.4. The van der Waals surface area contributed by atoms with E-state index in [0.29, 0.717) is 0 Å². The zero-order valence-corrected chi connectivity index (χ0v) is 8.61. The highest BCUT2D eigenvalue weighted by Gasteiger charge is 1.88. The first-order valence-corrected chi connectivity index (χ1v) is 4.78. The van der Waals surface area contributed by atoms with Gasteiger partial charge in [0.05, 0.1) is 0 Å². The molecule has 3 heteroatoms. The number of hydrogen-bond donors (Lipinski definition) is 1. The second-order valence-electron chi connectivity index (χ2n) is 2.74. The topological polar surface area (TPSA) is 26.3 Å². The Bertz CT molecular complexity index is 306. The van der Waals surface area contributed by atoms with Crippen LogP contribution in [0.3, 0.4) is 0 Å². The van der Waals surface area contributed by atoms with Crippen molar-refractivity contribution in [1.82, 2.24) is 0 Å². The van der Waals surface area contributed by atoms with E-state index in [1.165, 1.54) is 5.56 Å². The summed E-state index contributed by atoms with van der Waals surface area (Å²) in [5.41, 5.74) is 1.24. The Hall–Kier alpha value is -1.22. The molecule has 1 aromatic rings. The van der Waals surface area contributed by atoms with E-state index in [1.54, 1.807) is 6.08 Å². The summed E-state index contributed by atoms with van der Waals surface area (Å²) < 4.78 is 4.62. The van der Waals surface area contributed by atoms with Gasteiger partial charge in [0.2, 0.25) is 0 Å². The molecule has 14 heavy (non-hydrogen) atoms. The van der Waals surface area contributed by atoms with E-state index < -0.39 is 5.30 Å². The van der Waals surface area contributed by atoms with Crippen molar-refractivity contribution < 1.29 is 9.53 Å². The van der Waals surface area contributed by atoms with Gasteiger partial charge < -0.3 is 4.74 Å². The lowest BCUT2D eigenvalue weighted by molar-refractivity contribution is 0.188. The van der Waals surface area contributed by atoms with Crippen LogP contribution in [0, 0.1) is 0 Å². The highest BCUT2D eigenvalue weighted by molar-refractivity contribution is 7.96. The molecule has 0 unspecified atom stereocenters. The van der Waals surface area contributed by atoms with Crippen LogP contribution in [0.1, 0.15) is 5.56 Å². The second-order valence-corrected chi connectivity index (χ2v) is 3.10. The standard InChI is InChI=1S/C11H12O2S/c12-11(14)13-9-5-4-8-10-6-2-1-3-7-10/h1-7H,8-9H2,(H,12,14). The van der Waals surface area contributed by atoms with E-state index in [0.717, 1.165) is 6.42 Å². The Morgan fingerprint density at radius 2 is 2.00 bits per heavy atom. The predicted molar refractivity (Wildman–Crippen MR) is 59.6 cm³/mol. The molecule has 0 aromatic heterocycles. The lowest BCUT2D eigenvalue weighted by Crippen LogP contribution is -1.92. The first-order chi connectivity index (χ1) is 6.79. The fraction of sp³-hybridized carbons (Fsp3) is 0.182. The van der Waals surface area contributed by atoms with Gasteiger partial charge in [-0.15, -0.1) is 0 Å². The number of rotatable bonds is 4. The Labute approximate surface area is 89.0 Å². The van der Waals surface area contributed by atoms with Crippen LogP contribution in [-0.4, -0.2) is 11.9 Å². The molecule has 0 saturated heterocycles. The van der Waals surface area contributed by atoms with Crippen molar-refractivity contribution in [3.8, 4) is 0 Å². The predicted octanol–water partition coefficient (Wildman–Crippen LogP) is 2.85. The molecule has 0 aliphatic rings. The highest BCUT2D eigenvalue weighted by atomic mass is 32.1. The summed E-state index contributed by atoms with van der Waals surface area (Å²) >= 11 is 3.48. The number of carbonyl (C=O) groups is 1. The van der Waals surface area contributed by atoms with Gasteiger partial charge in [-0.25, -0.2) is 4.79 Å². The van der Waals surface area contributed by atoms with Gasteiger partial charge in [-0.05, 0) is 12.0 Å². The molecule has 0 aliphatic heterocycles. The average Bonchev–Trinajstić information content (AvgIpc) is 2.18. The second kappa shape index (κ2) is 6.27. The van der Waals surface area contributed by atoms with Crippen LogP contribution in [0.2, 0.25) is 0 Å². The Morgan fingerprint density at radius 3 is 2.64 bits per heavy atom. The molecular formula is C11H12O2S. The van der Waals surface area contributed by atoms with Crippen LogP contribution in [-0.2, 0) is 11.2 Å². The maximum absolute atomic E-state index is 10.3. The van der Waals surface area contributed by atoms with Crippen molar-refractivity contribution in [3.63, 3.8) is 0 Å². The quantitative estimate of drug-likeness (QED) is 0.468. The van der Waals surface area contributed by atoms with Crippen molar-refractivity contribution in [2.24, 2.45) is 0 Å².